The lowest BCUT2D eigenvalue weighted by Gasteiger charge is -2.19. The third-order valence-electron chi connectivity index (χ3n) is 4.15. The number of nitrogens with two attached hydrogens (primary N) is 1. The molecule has 3 aromatic rings. The molecule has 0 amide bonds. The van der Waals surface area contributed by atoms with Crippen molar-refractivity contribution in [1.82, 2.24) is 0 Å². The number of nitrogens with zero attached hydrogens (tertiary/aromatic N) is 1. The molecule has 0 heterocycles. The minimum absolute atomic E-state index is 0.111. The molecule has 0 unspecified atom stereocenters. The maximum atomic E-state index is 14.5. The van der Waals surface area contributed by atoms with Crippen LogP contribution in [0.1, 0.15) is 11.1 Å². The molecule has 0 atom stereocenters. The summed E-state index contributed by atoms with van der Waals surface area (Å²) < 4.78 is 54.9. The molecule has 0 spiro atoms. The molecule has 0 fully saturated rings. The zero-order valence-electron chi connectivity index (χ0n) is 14.2. The molecular weight excluding hydrogens is 376 g/mol. The Hall–Kier alpha value is -3.55. The van der Waals surface area contributed by atoms with Gasteiger partial charge in [0.2, 0.25) is 0 Å². The molecule has 4 nitrogen and oxygen atoms in total. The van der Waals surface area contributed by atoms with E-state index in [1.165, 1.54) is 6.07 Å². The standard InChI is InChI=1S/C20H14F4N2O2/c21-17-10-13(27)6-7-14(17)15-8-12(20(22,23)24)9-16(19(25)26-28)18(15)11-4-2-1-3-5-11/h1-10,27-28H,(H2,25,26). The summed E-state index contributed by atoms with van der Waals surface area (Å²) in [5.41, 5.74) is 4.69. The highest BCUT2D eigenvalue weighted by molar-refractivity contribution is 6.07. The Labute approximate surface area is 157 Å². The van der Waals surface area contributed by atoms with Gasteiger partial charge >= 0.3 is 6.18 Å². The summed E-state index contributed by atoms with van der Waals surface area (Å²) >= 11 is 0. The zero-order valence-corrected chi connectivity index (χ0v) is 14.2. The molecule has 0 aliphatic rings. The molecule has 0 saturated carbocycles. The number of alkyl halides is 3. The first-order chi connectivity index (χ1) is 13.2. The van der Waals surface area contributed by atoms with Gasteiger partial charge in [-0.05, 0) is 35.4 Å². The predicted molar refractivity (Wildman–Crippen MR) is 96.4 cm³/mol. The van der Waals surface area contributed by atoms with Gasteiger partial charge in [-0.3, -0.25) is 0 Å². The maximum absolute atomic E-state index is 14.5. The van der Waals surface area contributed by atoms with Gasteiger partial charge in [0, 0.05) is 22.8 Å². The molecule has 0 aromatic heterocycles. The lowest BCUT2D eigenvalue weighted by atomic mass is 9.87. The molecule has 28 heavy (non-hydrogen) atoms. The topological polar surface area (TPSA) is 78.8 Å². The second-order valence-corrected chi connectivity index (χ2v) is 5.96. The van der Waals surface area contributed by atoms with Gasteiger partial charge < -0.3 is 16.0 Å². The Balaban J connectivity index is 2.47. The van der Waals surface area contributed by atoms with E-state index in [1.54, 1.807) is 30.3 Å². The van der Waals surface area contributed by atoms with Crippen LogP contribution in [0.5, 0.6) is 5.75 Å². The van der Waals surface area contributed by atoms with Gasteiger partial charge in [0.15, 0.2) is 5.84 Å². The normalized spacial score (nSPS) is 12.2. The van der Waals surface area contributed by atoms with Crippen LogP contribution in [0.15, 0.2) is 65.8 Å². The molecule has 8 heteroatoms. The van der Waals surface area contributed by atoms with Crippen molar-refractivity contribution < 1.29 is 27.9 Å². The number of hydrogen-bond acceptors (Lipinski definition) is 3. The van der Waals surface area contributed by atoms with E-state index in [0.29, 0.717) is 5.56 Å². The van der Waals surface area contributed by atoms with E-state index < -0.39 is 23.4 Å². The molecule has 4 N–H and O–H groups in total. The Morgan fingerprint density at radius 3 is 2.18 bits per heavy atom. The first-order valence-electron chi connectivity index (χ1n) is 8.00. The molecule has 0 aliphatic heterocycles. The largest absolute Gasteiger partial charge is 0.508 e. The van der Waals surface area contributed by atoms with Crippen LogP contribution in [0.3, 0.4) is 0 Å². The van der Waals surface area contributed by atoms with E-state index in [4.69, 9.17) is 10.9 Å². The van der Waals surface area contributed by atoms with Crippen molar-refractivity contribution in [3.05, 3.63) is 77.6 Å². The quantitative estimate of drug-likeness (QED) is 0.194. The van der Waals surface area contributed by atoms with Crippen molar-refractivity contribution in [2.75, 3.05) is 0 Å². The summed E-state index contributed by atoms with van der Waals surface area (Å²) in [6, 6.07) is 12.9. The Morgan fingerprint density at radius 1 is 0.929 bits per heavy atom. The van der Waals surface area contributed by atoms with Gasteiger partial charge in [0.05, 0.1) is 5.56 Å². The minimum atomic E-state index is -4.75. The predicted octanol–water partition coefficient (Wildman–Crippen LogP) is 4.98. The van der Waals surface area contributed by atoms with Crippen molar-refractivity contribution in [2.24, 2.45) is 10.9 Å². The highest BCUT2D eigenvalue weighted by Gasteiger charge is 2.33. The molecule has 0 saturated heterocycles. The fourth-order valence-electron chi connectivity index (χ4n) is 2.91. The first kappa shape index (κ1) is 19.2. The van der Waals surface area contributed by atoms with Crippen LogP contribution in [0.25, 0.3) is 22.3 Å². The molecule has 3 rings (SSSR count). The summed E-state index contributed by atoms with van der Waals surface area (Å²) in [5.74, 6) is -1.83. The van der Waals surface area contributed by atoms with Gasteiger partial charge in [-0.1, -0.05) is 35.5 Å². The Bertz CT molecular complexity index is 1050. The fraction of sp³-hybridized carbons (Fsp3) is 0.0500. The van der Waals surface area contributed by atoms with Crippen molar-refractivity contribution in [1.29, 1.82) is 0 Å². The Morgan fingerprint density at radius 2 is 1.61 bits per heavy atom. The van der Waals surface area contributed by atoms with Gasteiger partial charge in [0.1, 0.15) is 11.6 Å². The summed E-state index contributed by atoms with van der Waals surface area (Å²) in [5, 5.41) is 21.4. The third kappa shape index (κ3) is 3.62. The minimum Gasteiger partial charge on any atom is -0.508 e. The van der Waals surface area contributed by atoms with Crippen LogP contribution < -0.4 is 5.73 Å². The number of phenolic OH excluding ortho intramolecular Hbond substituents is 1. The van der Waals surface area contributed by atoms with Crippen LogP contribution in [-0.4, -0.2) is 16.1 Å². The SMILES string of the molecule is N/C(=N\O)c1cc(C(F)(F)F)cc(-c2ccc(O)cc2F)c1-c1ccccc1. The first-order valence-corrected chi connectivity index (χ1v) is 8.00. The summed E-state index contributed by atoms with van der Waals surface area (Å²) in [7, 11) is 0. The molecule has 144 valence electrons. The third-order valence-corrected chi connectivity index (χ3v) is 4.15. The van der Waals surface area contributed by atoms with Gasteiger partial charge in [0.25, 0.3) is 0 Å². The van der Waals surface area contributed by atoms with E-state index >= 15 is 0 Å². The second-order valence-electron chi connectivity index (χ2n) is 5.96. The van der Waals surface area contributed by atoms with Gasteiger partial charge in [-0.25, -0.2) is 4.39 Å². The average Bonchev–Trinajstić information content (AvgIpc) is 2.66. The molecule has 3 aromatic carbocycles. The highest BCUT2D eigenvalue weighted by Crippen LogP contribution is 2.41. The monoisotopic (exact) mass is 390 g/mol. The van der Waals surface area contributed by atoms with E-state index in [1.807, 2.05) is 0 Å². The van der Waals surface area contributed by atoms with E-state index in [0.717, 1.165) is 24.3 Å². The molecular formula is C20H14F4N2O2. The van der Waals surface area contributed by atoms with Crippen LogP contribution >= 0.6 is 0 Å². The number of amidine groups is 1. The number of halogens is 4. The number of aromatic hydroxyl groups is 1. The van der Waals surface area contributed by atoms with Crippen molar-refractivity contribution in [2.45, 2.75) is 6.18 Å². The lowest BCUT2D eigenvalue weighted by molar-refractivity contribution is -0.137. The maximum Gasteiger partial charge on any atom is 0.416 e. The van der Waals surface area contributed by atoms with Gasteiger partial charge in [-0.15, -0.1) is 0 Å². The second kappa shape index (κ2) is 7.22. The van der Waals surface area contributed by atoms with Crippen LogP contribution in [0.2, 0.25) is 0 Å². The van der Waals surface area contributed by atoms with Crippen LogP contribution in [0.4, 0.5) is 17.6 Å². The molecule has 0 bridgehead atoms. The number of oxime groups is 1. The molecule has 0 aliphatic carbocycles. The Kier molecular flexibility index (Phi) is 4.96. The van der Waals surface area contributed by atoms with Crippen molar-refractivity contribution in [3.63, 3.8) is 0 Å². The average molecular weight is 390 g/mol. The van der Waals surface area contributed by atoms with E-state index in [2.05, 4.69) is 5.16 Å². The smallest absolute Gasteiger partial charge is 0.416 e. The number of rotatable bonds is 3. The van der Waals surface area contributed by atoms with Crippen LogP contribution in [-0.2, 0) is 6.18 Å². The summed E-state index contributed by atoms with van der Waals surface area (Å²) in [6.45, 7) is 0. The number of benzene rings is 3. The van der Waals surface area contributed by atoms with E-state index in [-0.39, 0.29) is 28.0 Å². The van der Waals surface area contributed by atoms with Crippen molar-refractivity contribution >= 4 is 5.84 Å². The summed E-state index contributed by atoms with van der Waals surface area (Å²) in [4.78, 5) is 0. The molecule has 0 radical (unpaired) electrons. The summed E-state index contributed by atoms with van der Waals surface area (Å²) in [6.07, 6.45) is -4.75. The zero-order chi connectivity index (χ0) is 20.5. The number of phenols is 1. The van der Waals surface area contributed by atoms with Crippen LogP contribution in [0, 0.1) is 5.82 Å². The van der Waals surface area contributed by atoms with E-state index in [9.17, 15) is 22.7 Å². The highest BCUT2D eigenvalue weighted by atomic mass is 19.4. The lowest BCUT2D eigenvalue weighted by Crippen LogP contribution is -2.17. The van der Waals surface area contributed by atoms with Crippen molar-refractivity contribution in [3.8, 4) is 28.0 Å². The fourth-order valence-corrected chi connectivity index (χ4v) is 2.91. The number of hydrogen-bond donors (Lipinski definition) is 3. The van der Waals surface area contributed by atoms with Gasteiger partial charge in [-0.2, -0.15) is 13.2 Å².